The first-order valence-corrected chi connectivity index (χ1v) is 5.72. The van der Waals surface area contributed by atoms with Gasteiger partial charge in [0.15, 0.2) is 11.6 Å². The third-order valence-electron chi connectivity index (χ3n) is 2.33. The van der Waals surface area contributed by atoms with Gasteiger partial charge in [-0.2, -0.15) is 0 Å². The summed E-state index contributed by atoms with van der Waals surface area (Å²) in [5, 5.41) is -0.165. The molecule has 1 atom stereocenters. The van der Waals surface area contributed by atoms with E-state index in [1.54, 1.807) is 20.2 Å². The maximum absolute atomic E-state index is 13.4. The highest BCUT2D eigenvalue weighted by Gasteiger charge is 2.12. The van der Waals surface area contributed by atoms with E-state index in [0.29, 0.717) is 25.3 Å². The molecule has 5 heteroatoms. The van der Waals surface area contributed by atoms with Crippen molar-refractivity contribution in [3.63, 3.8) is 0 Å². The molecule has 0 saturated carbocycles. The van der Waals surface area contributed by atoms with Crippen LogP contribution in [0.3, 0.4) is 0 Å². The molecule has 0 aliphatic heterocycles. The summed E-state index contributed by atoms with van der Waals surface area (Å²) in [6, 6.07) is 4.16. The minimum Gasteiger partial charge on any atom is -0.383 e. The lowest BCUT2D eigenvalue weighted by molar-refractivity contribution is 0.181. The van der Waals surface area contributed by atoms with Gasteiger partial charge in [-0.25, -0.2) is 8.78 Å². The molecule has 17 heavy (non-hydrogen) atoms. The molecule has 0 N–H and O–H groups in total. The zero-order valence-electron chi connectivity index (χ0n) is 9.92. The highest BCUT2D eigenvalue weighted by atomic mass is 35.5. The van der Waals surface area contributed by atoms with E-state index < -0.39 is 11.6 Å². The molecule has 1 unspecified atom stereocenters. The molecule has 0 aromatic heterocycles. The summed E-state index contributed by atoms with van der Waals surface area (Å²) < 4.78 is 31.3. The molecule has 2 nitrogen and oxygen atoms in total. The van der Waals surface area contributed by atoms with Gasteiger partial charge >= 0.3 is 0 Å². The number of alkyl halides is 1. The van der Waals surface area contributed by atoms with Crippen molar-refractivity contribution in [3.8, 4) is 0 Å². The monoisotopic (exact) mass is 263 g/mol. The number of nitrogens with zero attached hydrogens (tertiary/aromatic N) is 1. The van der Waals surface area contributed by atoms with Gasteiger partial charge in [0.25, 0.3) is 0 Å². The average Bonchev–Trinajstić information content (AvgIpc) is 2.25. The molecule has 0 fully saturated rings. The molecule has 0 saturated heterocycles. The SMILES string of the molecule is COCC(Cl)CN(C)Cc1cccc(F)c1F. The van der Waals surface area contributed by atoms with E-state index in [4.69, 9.17) is 16.3 Å². The van der Waals surface area contributed by atoms with Gasteiger partial charge in [0, 0.05) is 25.8 Å². The van der Waals surface area contributed by atoms with E-state index in [-0.39, 0.29) is 5.38 Å². The molecular weight excluding hydrogens is 248 g/mol. The van der Waals surface area contributed by atoms with Crippen molar-refractivity contribution in [2.24, 2.45) is 0 Å². The zero-order chi connectivity index (χ0) is 12.8. The second-order valence-electron chi connectivity index (χ2n) is 3.96. The topological polar surface area (TPSA) is 12.5 Å². The Hall–Kier alpha value is -0.710. The Morgan fingerprint density at radius 1 is 1.41 bits per heavy atom. The molecule has 96 valence electrons. The van der Waals surface area contributed by atoms with Gasteiger partial charge in [-0.3, -0.25) is 0 Å². The first-order valence-electron chi connectivity index (χ1n) is 5.29. The lowest BCUT2D eigenvalue weighted by Gasteiger charge is -2.20. The van der Waals surface area contributed by atoms with Crippen LogP contribution in [-0.2, 0) is 11.3 Å². The standard InChI is InChI=1S/C12H16ClF2NO/c1-16(7-10(13)8-17-2)6-9-4-3-5-11(14)12(9)15/h3-5,10H,6-8H2,1-2H3. The van der Waals surface area contributed by atoms with Crippen molar-refractivity contribution in [1.82, 2.24) is 4.90 Å². The Morgan fingerprint density at radius 3 is 2.76 bits per heavy atom. The molecule has 1 aromatic carbocycles. The van der Waals surface area contributed by atoms with Gasteiger partial charge in [-0.1, -0.05) is 12.1 Å². The predicted octanol–water partition coefficient (Wildman–Crippen LogP) is 2.65. The van der Waals surface area contributed by atoms with Gasteiger partial charge < -0.3 is 9.64 Å². The Balaban J connectivity index is 2.56. The summed E-state index contributed by atoms with van der Waals surface area (Å²) in [4.78, 5) is 1.83. The molecule has 0 aliphatic rings. The van der Waals surface area contributed by atoms with Gasteiger partial charge in [0.05, 0.1) is 12.0 Å². The van der Waals surface area contributed by atoms with Gasteiger partial charge in [0.2, 0.25) is 0 Å². The maximum Gasteiger partial charge on any atom is 0.163 e. The molecule has 0 aliphatic carbocycles. The smallest absolute Gasteiger partial charge is 0.163 e. The number of hydrogen-bond donors (Lipinski definition) is 0. The van der Waals surface area contributed by atoms with Crippen LogP contribution in [-0.4, -0.2) is 37.6 Å². The summed E-state index contributed by atoms with van der Waals surface area (Å²) >= 11 is 5.98. The highest BCUT2D eigenvalue weighted by Crippen LogP contribution is 2.13. The van der Waals surface area contributed by atoms with Crippen molar-refractivity contribution in [3.05, 3.63) is 35.4 Å². The average molecular weight is 264 g/mol. The van der Waals surface area contributed by atoms with Gasteiger partial charge in [-0.05, 0) is 13.1 Å². The minimum absolute atomic E-state index is 0.165. The summed E-state index contributed by atoms with van der Waals surface area (Å²) in [6.07, 6.45) is 0. The number of halogens is 3. The van der Waals surface area contributed by atoms with E-state index in [0.717, 1.165) is 6.07 Å². The first kappa shape index (κ1) is 14.4. The van der Waals surface area contributed by atoms with Crippen molar-refractivity contribution in [1.29, 1.82) is 0 Å². The summed E-state index contributed by atoms with van der Waals surface area (Å²) in [7, 11) is 3.37. The van der Waals surface area contributed by atoms with Crippen LogP contribution < -0.4 is 0 Å². The number of rotatable bonds is 6. The van der Waals surface area contributed by atoms with Crippen LogP contribution in [0.4, 0.5) is 8.78 Å². The number of hydrogen-bond acceptors (Lipinski definition) is 2. The largest absolute Gasteiger partial charge is 0.383 e. The van der Waals surface area contributed by atoms with Crippen LogP contribution in [0, 0.1) is 11.6 Å². The van der Waals surface area contributed by atoms with Gasteiger partial charge in [0.1, 0.15) is 0 Å². The second kappa shape index (κ2) is 6.89. The van der Waals surface area contributed by atoms with Crippen LogP contribution in [0.2, 0.25) is 0 Å². The predicted molar refractivity (Wildman–Crippen MR) is 64.2 cm³/mol. The molecule has 0 radical (unpaired) electrons. The third kappa shape index (κ3) is 4.58. The fraction of sp³-hybridized carbons (Fsp3) is 0.500. The van der Waals surface area contributed by atoms with Crippen molar-refractivity contribution in [2.75, 3.05) is 27.3 Å². The Kier molecular flexibility index (Phi) is 5.82. The first-order chi connectivity index (χ1) is 8.04. The Labute approximate surface area is 105 Å². The second-order valence-corrected chi connectivity index (χ2v) is 4.58. The van der Waals surface area contributed by atoms with Crippen LogP contribution >= 0.6 is 11.6 Å². The van der Waals surface area contributed by atoms with Crippen LogP contribution in [0.1, 0.15) is 5.56 Å². The van der Waals surface area contributed by atoms with E-state index >= 15 is 0 Å². The molecule has 0 heterocycles. The summed E-state index contributed by atoms with van der Waals surface area (Å²) in [6.45, 7) is 1.29. The van der Waals surface area contributed by atoms with E-state index in [1.807, 2.05) is 4.90 Å². The lowest BCUT2D eigenvalue weighted by Crippen LogP contribution is -2.28. The normalized spacial score (nSPS) is 13.1. The van der Waals surface area contributed by atoms with Crippen molar-refractivity contribution in [2.45, 2.75) is 11.9 Å². The summed E-state index contributed by atoms with van der Waals surface area (Å²) in [5.74, 6) is -1.62. The third-order valence-corrected chi connectivity index (χ3v) is 2.59. The minimum atomic E-state index is -0.824. The van der Waals surface area contributed by atoms with Gasteiger partial charge in [-0.15, -0.1) is 11.6 Å². The van der Waals surface area contributed by atoms with E-state index in [2.05, 4.69) is 0 Å². The van der Waals surface area contributed by atoms with Crippen molar-refractivity contribution < 1.29 is 13.5 Å². The molecule has 0 bridgehead atoms. The fourth-order valence-electron chi connectivity index (χ4n) is 1.60. The fourth-order valence-corrected chi connectivity index (χ4v) is 1.96. The van der Waals surface area contributed by atoms with E-state index in [1.165, 1.54) is 6.07 Å². The number of benzene rings is 1. The Bertz CT molecular complexity index is 362. The maximum atomic E-state index is 13.4. The zero-order valence-corrected chi connectivity index (χ0v) is 10.7. The number of methoxy groups -OCH3 is 1. The number of ether oxygens (including phenoxy) is 1. The molecule has 1 aromatic rings. The quantitative estimate of drug-likeness (QED) is 0.732. The van der Waals surface area contributed by atoms with Crippen LogP contribution in [0.25, 0.3) is 0 Å². The lowest BCUT2D eigenvalue weighted by atomic mass is 10.2. The van der Waals surface area contributed by atoms with Crippen molar-refractivity contribution >= 4 is 11.6 Å². The molecule has 0 amide bonds. The molecule has 1 rings (SSSR count). The molecular formula is C12H16ClF2NO. The molecule has 0 spiro atoms. The van der Waals surface area contributed by atoms with E-state index in [9.17, 15) is 8.78 Å². The van der Waals surface area contributed by atoms with Crippen LogP contribution in [0.5, 0.6) is 0 Å². The van der Waals surface area contributed by atoms with Crippen LogP contribution in [0.15, 0.2) is 18.2 Å². The Morgan fingerprint density at radius 2 is 2.12 bits per heavy atom. The highest BCUT2D eigenvalue weighted by molar-refractivity contribution is 6.20. The summed E-state index contributed by atoms with van der Waals surface area (Å²) in [5.41, 5.74) is 0.328.